The normalized spacial score (nSPS) is 33.7. The molecule has 0 aromatic rings. The van der Waals surface area contributed by atoms with Gasteiger partial charge in [-0.15, -0.1) is 0 Å². The molecule has 0 radical (unpaired) electrons. The topological polar surface area (TPSA) is 18.5 Å². The van der Waals surface area contributed by atoms with Crippen molar-refractivity contribution < 1.29 is 84.1 Å². The highest BCUT2D eigenvalue weighted by Crippen LogP contribution is 2.71. The van der Waals surface area contributed by atoms with Crippen LogP contribution in [-0.4, -0.2) is 77.1 Å². The third kappa shape index (κ3) is 33.4. The maximum atomic E-state index is 13.9. The first kappa shape index (κ1) is 135. The lowest BCUT2D eigenvalue weighted by molar-refractivity contribution is -0.257. The van der Waals surface area contributed by atoms with Crippen LogP contribution in [-0.2, 0) is 9.47 Å². The van der Waals surface area contributed by atoms with Gasteiger partial charge >= 0.3 is 18.5 Å². The molecule has 22 unspecified atom stereocenters. The quantitative estimate of drug-likeness (QED) is 0.0610. The second-order valence-corrected chi connectivity index (χ2v) is 53.6. The van der Waals surface area contributed by atoms with Crippen LogP contribution >= 0.6 is 0 Å². The first-order valence-corrected chi connectivity index (χ1v) is 56.0. The zero-order chi connectivity index (χ0) is 108. The highest BCUT2D eigenvalue weighted by molar-refractivity contribution is 5.12. The number of ether oxygens (including phenoxy) is 2. The molecule has 10 aliphatic carbocycles. The lowest BCUT2D eigenvalue weighted by Gasteiger charge is -2.43. The molecule has 10 fully saturated rings. The summed E-state index contributed by atoms with van der Waals surface area (Å²) < 4.78 is 230. The van der Waals surface area contributed by atoms with Gasteiger partial charge in [0.05, 0.1) is 30.2 Å². The van der Waals surface area contributed by atoms with Gasteiger partial charge in [0.1, 0.15) is 6.17 Å². The molecule has 138 heavy (non-hydrogen) atoms. The summed E-state index contributed by atoms with van der Waals surface area (Å²) in [6.45, 7) is 90.4. The van der Waals surface area contributed by atoms with E-state index in [0.29, 0.717) is 101 Å². The van der Waals surface area contributed by atoms with E-state index in [1.54, 1.807) is 41.5 Å². The zero-order valence-corrected chi connectivity index (χ0v) is 97.3. The van der Waals surface area contributed by atoms with Crippen molar-refractivity contribution >= 4 is 0 Å². The van der Waals surface area contributed by atoms with Crippen molar-refractivity contribution in [1.29, 1.82) is 0 Å². The smallest absolute Gasteiger partial charge is 0.384 e. The van der Waals surface area contributed by atoms with Crippen molar-refractivity contribution in [1.82, 2.24) is 0 Å². The van der Waals surface area contributed by atoms with Crippen LogP contribution in [0.15, 0.2) is 0 Å². The van der Waals surface area contributed by atoms with Gasteiger partial charge in [0, 0.05) is 44.3 Å². The van der Waals surface area contributed by atoms with Crippen LogP contribution < -0.4 is 0 Å². The van der Waals surface area contributed by atoms with Crippen LogP contribution in [0.4, 0.5) is 74.6 Å². The van der Waals surface area contributed by atoms with Gasteiger partial charge < -0.3 is 9.47 Å². The second kappa shape index (κ2) is 54.4. The van der Waals surface area contributed by atoms with Gasteiger partial charge in [-0.2, -0.15) is 39.5 Å². The fraction of sp³-hybridized carbons (Fsp3) is 1.00. The summed E-state index contributed by atoms with van der Waals surface area (Å²) in [4.78, 5) is 0. The van der Waals surface area contributed by atoms with E-state index in [0.717, 1.165) is 126 Å². The summed E-state index contributed by atoms with van der Waals surface area (Å²) in [7, 11) is 3.67. The minimum atomic E-state index is -4.05. The summed E-state index contributed by atoms with van der Waals surface area (Å²) in [6.07, 6.45) is 3.43. The molecule has 0 spiro atoms. The maximum Gasteiger partial charge on any atom is 0.395 e. The minimum absolute atomic E-state index is 0.0336. The lowest BCUT2D eigenvalue weighted by Crippen LogP contribution is -2.47. The molecule has 22 atom stereocenters. The van der Waals surface area contributed by atoms with Gasteiger partial charge in [-0.05, 0) is 334 Å². The first-order chi connectivity index (χ1) is 62.6. The van der Waals surface area contributed by atoms with Gasteiger partial charge in [-0.25, -0.2) is 35.1 Å². The lowest BCUT2D eigenvalue weighted by atomic mass is 9.63. The van der Waals surface area contributed by atoms with Crippen LogP contribution in [0.2, 0.25) is 0 Å². The largest absolute Gasteiger partial charge is 0.395 e. The highest BCUT2D eigenvalue weighted by atomic mass is 19.4. The van der Waals surface area contributed by atoms with Crippen molar-refractivity contribution in [3.05, 3.63) is 0 Å². The standard InChI is InChI=1S/C14H26F2.C14H27F.C13H25F.C13H26O.C12H21F3.C11H19F3.C11H20F2.C11H22O.C10H17F3.C10H18F2/c1-10(2)12-7-6-8-14(12,11(3)4)9-13(5,15)16;1-10(2)13-7-6-8-14(13,11(3)4)9-12(5)15;1-9(2)12-7-6-8-13(12,10(3)4)11(5)14;1-10(2)12-7-6-8-13(12,9-14-5)11(3)4;1-8(2)10-6-5-7-11(10,9(3)4)12(13,14)15;1-7(2)9-5-10(9,8(3)4)6-11(12,13)14;1-7(2)9-5-11(9,8(3)4)6-10(12)13;1-8(2)10-6-11(10,7-12-5)9(3)4;1-6(2)8-5-9(8,7(3)4)10(11,12)13;1-6(2)8-5-10(8,7(3)4)9(11)12/h10-12H,6-9H2,1-5H3;10-13H,6-9H2,1-5H3;9-12H,6-8H2,1-5H3;10-12H,6-9H2,1-5H3;8-10H,5-7H2,1-4H3;7-9H,5-6H2,1-4H3;7-10H,5-6H2,1-4H3;8-10H,6-7H2,1-5H3;6-8H,5H2,1-4H3;6-9H,5H2,1-4H3. The first-order valence-electron chi connectivity index (χ1n) is 56.0. The number of rotatable bonds is 33. The van der Waals surface area contributed by atoms with Gasteiger partial charge in [0.2, 0.25) is 18.8 Å². The van der Waals surface area contributed by atoms with E-state index in [-0.39, 0.29) is 93.7 Å². The van der Waals surface area contributed by atoms with E-state index in [2.05, 4.69) is 166 Å². The van der Waals surface area contributed by atoms with Crippen LogP contribution in [0.1, 0.15) is 452 Å². The van der Waals surface area contributed by atoms with Gasteiger partial charge in [0.15, 0.2) is 0 Å². The Morgan fingerprint density at radius 3 is 0.790 bits per heavy atom. The molecular formula is C119H221F17O2. The Morgan fingerprint density at radius 2 is 0.551 bits per heavy atom. The Kier molecular flexibility index (Phi) is 53.2. The van der Waals surface area contributed by atoms with Crippen molar-refractivity contribution in [2.75, 3.05) is 27.4 Å². The van der Waals surface area contributed by atoms with E-state index in [1.807, 2.05) is 97.3 Å². The molecule has 0 aromatic heterocycles. The van der Waals surface area contributed by atoms with E-state index >= 15 is 0 Å². The predicted molar refractivity (Wildman–Crippen MR) is 552 cm³/mol. The Hall–Kier alpha value is -1.27. The molecule has 0 N–H and O–H groups in total. The van der Waals surface area contributed by atoms with Crippen LogP contribution in [0.25, 0.3) is 0 Å². The van der Waals surface area contributed by atoms with Crippen LogP contribution in [0.5, 0.6) is 0 Å². The Morgan fingerprint density at radius 1 is 0.254 bits per heavy atom. The predicted octanol–water partition coefficient (Wildman–Crippen LogP) is 41.4. The Bertz CT molecular complexity index is 3300. The molecular weight excluding hydrogens is 1780 g/mol. The summed E-state index contributed by atoms with van der Waals surface area (Å²) in [6, 6.07) is 0. The number of methoxy groups -OCH3 is 2. The van der Waals surface area contributed by atoms with Crippen LogP contribution in [0, 0.1) is 232 Å². The average molecular weight is 2010 g/mol. The van der Waals surface area contributed by atoms with E-state index < -0.39 is 77.7 Å². The molecule has 19 heteroatoms. The van der Waals surface area contributed by atoms with E-state index in [4.69, 9.17) is 9.47 Å². The SMILES string of the molecule is CC(C)C1CC1(C(C)C)C(F)(F)F.CC(C)C1CC1(C(C)C)C(F)F.CC(C)C1CC1(CC(F)(F)F)C(C)C.CC(C)C1CC1(CC(F)F)C(C)C.CC(C)C1CCCC1(C(C)C)C(C)F.CC(C)C1CCCC1(C(C)C)C(F)(F)F.CC(C)C1CCCC1(CC(C)(F)F)C(C)C.CC(F)CC1(C(C)C)CCCC1C(C)C.COCC1(C(C)C)CC1C(C)C.COCC1(C(C)C)CCCC1C(C)C. The van der Waals surface area contributed by atoms with E-state index in [9.17, 15) is 74.6 Å². The third-order valence-electron chi connectivity index (χ3n) is 39.5. The monoisotopic (exact) mass is 2010 g/mol. The average Bonchev–Trinajstić information content (AvgIpc) is 1.54. The van der Waals surface area contributed by atoms with Crippen LogP contribution in [0.3, 0.4) is 0 Å². The maximum absolute atomic E-state index is 13.9. The summed E-state index contributed by atoms with van der Waals surface area (Å²) >= 11 is 0. The van der Waals surface area contributed by atoms with Crippen molar-refractivity contribution in [2.45, 2.75) is 501 Å². The number of halogens is 17. The molecule has 0 aromatic carbocycles. The fourth-order valence-corrected chi connectivity index (χ4v) is 30.9. The molecule has 0 saturated heterocycles. The minimum Gasteiger partial charge on any atom is -0.384 e. The Labute approximate surface area is 840 Å². The molecule has 10 saturated carbocycles. The van der Waals surface area contributed by atoms with Gasteiger partial charge in [-0.1, -0.05) is 309 Å². The summed E-state index contributed by atoms with van der Waals surface area (Å²) in [5.41, 5.74) is -2.85. The van der Waals surface area contributed by atoms with E-state index in [1.165, 1.54) is 57.8 Å². The number of hydrogen-bond donors (Lipinski definition) is 0. The molecule has 0 amide bonds. The highest BCUT2D eigenvalue weighted by Gasteiger charge is 2.73. The van der Waals surface area contributed by atoms with Gasteiger partial charge in [0.25, 0.3) is 0 Å². The molecule has 0 aliphatic heterocycles. The molecule has 10 rings (SSSR count). The van der Waals surface area contributed by atoms with Gasteiger partial charge in [-0.3, -0.25) is 0 Å². The van der Waals surface area contributed by atoms with Crippen molar-refractivity contribution in [2.24, 2.45) is 232 Å². The molecule has 2 nitrogen and oxygen atoms in total. The fourth-order valence-electron chi connectivity index (χ4n) is 30.9. The van der Waals surface area contributed by atoms with Crippen molar-refractivity contribution in [3.8, 4) is 0 Å². The molecule has 0 heterocycles. The second-order valence-electron chi connectivity index (χ2n) is 53.6. The summed E-state index contributed by atoms with van der Waals surface area (Å²) in [5.74, 6) is 9.78. The third-order valence-corrected chi connectivity index (χ3v) is 39.5. The zero-order valence-electron chi connectivity index (χ0n) is 97.3. The molecule has 0 bridgehead atoms. The Balaban J connectivity index is 0.000000767. The summed E-state index contributed by atoms with van der Waals surface area (Å²) in [5, 5.41) is 0. The van der Waals surface area contributed by atoms with Crippen molar-refractivity contribution in [3.63, 3.8) is 0 Å². The molecule has 10 aliphatic rings. The number of hydrogen-bond acceptors (Lipinski definition) is 2. The number of alkyl halides is 17. The molecule has 828 valence electrons.